The van der Waals surface area contributed by atoms with E-state index in [0.717, 1.165) is 25.8 Å². The SMILES string of the molecule is C[n+]1cccc(C2CCCCN2C(=O)COc2ccc(Cl)cc2)c1.[I-]. The van der Waals surface area contributed by atoms with Crippen molar-refractivity contribution >= 4 is 17.5 Å². The molecule has 1 aliphatic heterocycles. The Morgan fingerprint density at radius 1 is 1.28 bits per heavy atom. The molecule has 0 spiro atoms. The van der Waals surface area contributed by atoms with Crippen LogP contribution >= 0.6 is 11.6 Å². The van der Waals surface area contributed by atoms with Crippen molar-refractivity contribution in [1.82, 2.24) is 4.90 Å². The number of amides is 1. The van der Waals surface area contributed by atoms with Gasteiger partial charge in [-0.05, 0) is 49.6 Å². The van der Waals surface area contributed by atoms with Gasteiger partial charge < -0.3 is 33.6 Å². The van der Waals surface area contributed by atoms with Crippen LogP contribution in [0.3, 0.4) is 0 Å². The van der Waals surface area contributed by atoms with Crippen LogP contribution in [0.5, 0.6) is 5.75 Å². The molecule has 1 saturated heterocycles. The van der Waals surface area contributed by atoms with Crippen LogP contribution in [0.15, 0.2) is 48.8 Å². The largest absolute Gasteiger partial charge is 1.00 e. The molecule has 134 valence electrons. The van der Waals surface area contributed by atoms with E-state index in [9.17, 15) is 4.79 Å². The van der Waals surface area contributed by atoms with Crippen LogP contribution in [-0.4, -0.2) is 24.0 Å². The van der Waals surface area contributed by atoms with E-state index in [1.54, 1.807) is 24.3 Å². The number of aryl methyl sites for hydroxylation is 1. The van der Waals surface area contributed by atoms with Crippen LogP contribution < -0.4 is 33.3 Å². The first-order valence-electron chi connectivity index (χ1n) is 8.26. The van der Waals surface area contributed by atoms with E-state index in [1.165, 1.54) is 5.56 Å². The number of benzene rings is 1. The fraction of sp³-hybridized carbons (Fsp3) is 0.368. The number of hydrogen-bond acceptors (Lipinski definition) is 2. The molecule has 1 atom stereocenters. The van der Waals surface area contributed by atoms with Crippen molar-refractivity contribution in [2.24, 2.45) is 7.05 Å². The summed E-state index contributed by atoms with van der Waals surface area (Å²) in [6.07, 6.45) is 7.28. The molecule has 25 heavy (non-hydrogen) atoms. The number of carbonyl (C=O) groups excluding carboxylic acids is 1. The first kappa shape index (κ1) is 20.0. The van der Waals surface area contributed by atoms with E-state index in [2.05, 4.69) is 12.3 Å². The van der Waals surface area contributed by atoms with Crippen molar-refractivity contribution in [2.75, 3.05) is 13.2 Å². The van der Waals surface area contributed by atoms with Crippen molar-refractivity contribution in [3.63, 3.8) is 0 Å². The van der Waals surface area contributed by atoms with Gasteiger partial charge in [-0.1, -0.05) is 11.6 Å². The molecule has 2 aromatic rings. The molecular formula is C19H22ClIN2O2. The van der Waals surface area contributed by atoms with E-state index in [-0.39, 0.29) is 42.5 Å². The number of carbonyl (C=O) groups is 1. The van der Waals surface area contributed by atoms with Crippen LogP contribution in [0.25, 0.3) is 0 Å². The van der Waals surface area contributed by atoms with Crippen molar-refractivity contribution in [3.05, 3.63) is 59.4 Å². The molecule has 0 radical (unpaired) electrons. The minimum absolute atomic E-state index is 0. The van der Waals surface area contributed by atoms with Crippen LogP contribution in [0.1, 0.15) is 30.9 Å². The highest BCUT2D eigenvalue weighted by Crippen LogP contribution is 2.30. The number of likely N-dealkylation sites (tertiary alicyclic amines) is 1. The van der Waals surface area contributed by atoms with E-state index < -0.39 is 0 Å². The van der Waals surface area contributed by atoms with Gasteiger partial charge in [0.15, 0.2) is 19.0 Å². The van der Waals surface area contributed by atoms with Gasteiger partial charge in [-0.3, -0.25) is 4.79 Å². The molecule has 0 N–H and O–H groups in total. The molecule has 1 aliphatic rings. The summed E-state index contributed by atoms with van der Waals surface area (Å²) in [6.45, 7) is 0.836. The molecule has 1 amide bonds. The van der Waals surface area contributed by atoms with Crippen LogP contribution in [0.2, 0.25) is 5.02 Å². The standard InChI is InChI=1S/C19H22ClN2O2.HI/c1-21-11-4-5-15(13-21)18-6-2-3-12-22(18)19(23)14-24-17-9-7-16(20)8-10-17;/h4-5,7-11,13,18H,2-3,6,12,14H2,1H3;1H/q+1;/p-1. The van der Waals surface area contributed by atoms with E-state index in [1.807, 2.05) is 28.8 Å². The lowest BCUT2D eigenvalue weighted by molar-refractivity contribution is -0.672. The maximum Gasteiger partial charge on any atom is 0.261 e. The Hall–Kier alpha value is -1.34. The number of rotatable bonds is 4. The zero-order chi connectivity index (χ0) is 16.9. The summed E-state index contributed by atoms with van der Waals surface area (Å²) in [5.41, 5.74) is 1.18. The Balaban J connectivity index is 0.00000225. The summed E-state index contributed by atoms with van der Waals surface area (Å²) >= 11 is 5.86. The van der Waals surface area contributed by atoms with E-state index >= 15 is 0 Å². The number of ether oxygens (including phenoxy) is 1. The maximum absolute atomic E-state index is 12.7. The van der Waals surface area contributed by atoms with Gasteiger partial charge >= 0.3 is 0 Å². The number of piperidine rings is 1. The molecule has 1 aromatic carbocycles. The van der Waals surface area contributed by atoms with Gasteiger partial charge in [-0.2, -0.15) is 0 Å². The molecule has 1 fully saturated rings. The number of halogens is 2. The fourth-order valence-corrected chi connectivity index (χ4v) is 3.27. The summed E-state index contributed by atoms with van der Waals surface area (Å²) in [6, 6.07) is 11.3. The minimum atomic E-state index is 0. The first-order valence-corrected chi connectivity index (χ1v) is 8.64. The van der Waals surface area contributed by atoms with Gasteiger partial charge in [0.1, 0.15) is 12.8 Å². The molecule has 6 heteroatoms. The zero-order valence-electron chi connectivity index (χ0n) is 14.2. The Kier molecular flexibility index (Phi) is 7.50. The van der Waals surface area contributed by atoms with E-state index in [4.69, 9.17) is 16.3 Å². The van der Waals surface area contributed by atoms with Crippen LogP contribution in [0, 0.1) is 0 Å². The second-order valence-corrected chi connectivity index (χ2v) is 6.58. The normalized spacial score (nSPS) is 16.9. The molecule has 0 saturated carbocycles. The number of nitrogens with zero attached hydrogens (tertiary/aromatic N) is 2. The third-order valence-electron chi connectivity index (χ3n) is 4.35. The summed E-state index contributed by atoms with van der Waals surface area (Å²) in [4.78, 5) is 14.6. The lowest BCUT2D eigenvalue weighted by Gasteiger charge is -2.35. The minimum Gasteiger partial charge on any atom is -1.00 e. The second kappa shape index (κ2) is 9.38. The van der Waals surface area contributed by atoms with Crippen molar-refractivity contribution in [2.45, 2.75) is 25.3 Å². The summed E-state index contributed by atoms with van der Waals surface area (Å²) < 4.78 is 7.65. The lowest BCUT2D eigenvalue weighted by atomic mass is 9.96. The highest BCUT2D eigenvalue weighted by atomic mass is 127. The molecule has 0 aliphatic carbocycles. The summed E-state index contributed by atoms with van der Waals surface area (Å²) in [5.74, 6) is 0.688. The smallest absolute Gasteiger partial charge is 0.261 e. The number of aromatic nitrogens is 1. The average molecular weight is 473 g/mol. The molecule has 0 bridgehead atoms. The third kappa shape index (κ3) is 5.31. The van der Waals surface area contributed by atoms with Crippen LogP contribution in [-0.2, 0) is 11.8 Å². The summed E-state index contributed by atoms with van der Waals surface area (Å²) in [7, 11) is 2.00. The molecule has 1 unspecified atom stereocenters. The average Bonchev–Trinajstić information content (AvgIpc) is 2.61. The summed E-state index contributed by atoms with van der Waals surface area (Å²) in [5, 5.41) is 0.654. The van der Waals surface area contributed by atoms with Crippen LogP contribution in [0.4, 0.5) is 0 Å². The van der Waals surface area contributed by atoms with Gasteiger partial charge in [0.05, 0.1) is 6.04 Å². The lowest BCUT2D eigenvalue weighted by Crippen LogP contribution is -3.00. The number of hydrogen-bond donors (Lipinski definition) is 0. The molecular weight excluding hydrogens is 451 g/mol. The van der Waals surface area contributed by atoms with E-state index in [0.29, 0.717) is 10.8 Å². The Labute approximate surface area is 170 Å². The monoisotopic (exact) mass is 472 g/mol. The highest BCUT2D eigenvalue weighted by molar-refractivity contribution is 6.30. The quantitative estimate of drug-likeness (QED) is 0.474. The fourth-order valence-electron chi connectivity index (χ4n) is 3.14. The van der Waals surface area contributed by atoms with Gasteiger partial charge in [0.2, 0.25) is 0 Å². The van der Waals surface area contributed by atoms with Gasteiger partial charge in [0, 0.05) is 23.2 Å². The Morgan fingerprint density at radius 2 is 2.04 bits per heavy atom. The highest BCUT2D eigenvalue weighted by Gasteiger charge is 2.29. The predicted octanol–water partition coefficient (Wildman–Crippen LogP) is 0.301. The molecule has 4 nitrogen and oxygen atoms in total. The number of pyridine rings is 1. The second-order valence-electron chi connectivity index (χ2n) is 6.14. The topological polar surface area (TPSA) is 33.4 Å². The Bertz CT molecular complexity index is 709. The van der Waals surface area contributed by atoms with Crippen molar-refractivity contribution in [3.8, 4) is 5.75 Å². The Morgan fingerprint density at radius 3 is 2.76 bits per heavy atom. The maximum atomic E-state index is 12.7. The van der Waals surface area contributed by atoms with Crippen molar-refractivity contribution in [1.29, 1.82) is 0 Å². The molecule has 1 aromatic heterocycles. The first-order chi connectivity index (χ1) is 11.6. The zero-order valence-corrected chi connectivity index (χ0v) is 17.1. The van der Waals surface area contributed by atoms with Gasteiger partial charge in [-0.15, -0.1) is 0 Å². The third-order valence-corrected chi connectivity index (χ3v) is 4.60. The van der Waals surface area contributed by atoms with Crippen molar-refractivity contribution < 1.29 is 38.1 Å². The van der Waals surface area contributed by atoms with Gasteiger partial charge in [0.25, 0.3) is 5.91 Å². The van der Waals surface area contributed by atoms with Gasteiger partial charge in [-0.25, -0.2) is 4.57 Å². The molecule has 3 rings (SSSR count). The predicted molar refractivity (Wildman–Crippen MR) is 92.9 cm³/mol. The molecule has 2 heterocycles.